The van der Waals surface area contributed by atoms with Crippen molar-refractivity contribution in [2.24, 2.45) is 5.41 Å². The summed E-state index contributed by atoms with van der Waals surface area (Å²) < 4.78 is 5.98. The average Bonchev–Trinajstić information content (AvgIpc) is 2.27. The number of hydrogen-bond donors (Lipinski definition) is 0. The summed E-state index contributed by atoms with van der Waals surface area (Å²) in [5, 5.41) is 9.41. The van der Waals surface area contributed by atoms with Crippen molar-refractivity contribution in [1.82, 2.24) is 4.90 Å². The normalized spacial score (nSPS) is 21.8. The van der Waals surface area contributed by atoms with Crippen molar-refractivity contribution < 1.29 is 9.53 Å². The van der Waals surface area contributed by atoms with Crippen LogP contribution in [0.3, 0.4) is 0 Å². The molecular formula is C15H26N2O2. The molecule has 0 atom stereocenters. The first kappa shape index (κ1) is 16.0. The maximum atomic E-state index is 12.7. The molecule has 0 spiro atoms. The molecule has 0 N–H and O–H groups in total. The van der Waals surface area contributed by atoms with Crippen LogP contribution in [-0.4, -0.2) is 35.1 Å². The van der Waals surface area contributed by atoms with Gasteiger partial charge in [0, 0.05) is 13.1 Å². The van der Waals surface area contributed by atoms with Crippen molar-refractivity contribution in [3.8, 4) is 6.07 Å². The quantitative estimate of drug-likeness (QED) is 0.789. The third-order valence-corrected chi connectivity index (χ3v) is 3.81. The van der Waals surface area contributed by atoms with E-state index >= 15 is 0 Å². The Balaban J connectivity index is 3.03. The number of nitriles is 1. The van der Waals surface area contributed by atoms with E-state index in [4.69, 9.17) is 4.74 Å². The molecule has 0 aromatic heterocycles. The molecule has 0 aliphatic carbocycles. The van der Waals surface area contributed by atoms with E-state index in [1.54, 1.807) is 4.90 Å². The first-order valence-electron chi connectivity index (χ1n) is 7.02. The molecule has 0 saturated carbocycles. The van der Waals surface area contributed by atoms with Gasteiger partial charge in [-0.15, -0.1) is 0 Å². The highest BCUT2D eigenvalue weighted by molar-refractivity contribution is 5.85. The van der Waals surface area contributed by atoms with Crippen LogP contribution in [0.15, 0.2) is 0 Å². The number of amides is 1. The second-order valence-corrected chi connectivity index (χ2v) is 6.68. The molecule has 1 saturated heterocycles. The highest BCUT2D eigenvalue weighted by atomic mass is 16.5. The average molecular weight is 266 g/mol. The summed E-state index contributed by atoms with van der Waals surface area (Å²) in [7, 11) is 0. The minimum Gasteiger partial charge on any atom is -0.366 e. The lowest BCUT2D eigenvalue weighted by molar-refractivity contribution is -0.192. The minimum atomic E-state index is -0.885. The van der Waals surface area contributed by atoms with E-state index in [-0.39, 0.29) is 17.1 Å². The second-order valence-electron chi connectivity index (χ2n) is 6.68. The summed E-state index contributed by atoms with van der Waals surface area (Å²) in [5.74, 6) is -0.0514. The van der Waals surface area contributed by atoms with E-state index in [0.717, 1.165) is 0 Å². The molecule has 0 aromatic carbocycles. The van der Waals surface area contributed by atoms with Crippen LogP contribution in [0.2, 0.25) is 0 Å². The van der Waals surface area contributed by atoms with E-state index in [2.05, 4.69) is 6.07 Å². The number of carbonyl (C=O) groups is 1. The van der Waals surface area contributed by atoms with E-state index in [1.165, 1.54) is 0 Å². The molecule has 1 heterocycles. The third kappa shape index (κ3) is 3.27. The summed E-state index contributed by atoms with van der Waals surface area (Å²) in [4.78, 5) is 14.5. The standard InChI is InChI=1S/C15H26N2O2/c1-7-15(8-2,9-16)12(18)17-10-13(3,4)19-14(5,6)11-17/h7-8,10-11H2,1-6H3. The van der Waals surface area contributed by atoms with Crippen molar-refractivity contribution in [1.29, 1.82) is 5.26 Å². The molecule has 1 aliphatic heterocycles. The number of nitrogens with zero attached hydrogens (tertiary/aromatic N) is 2. The lowest BCUT2D eigenvalue weighted by Gasteiger charge is -2.48. The fraction of sp³-hybridized carbons (Fsp3) is 0.867. The number of ether oxygens (including phenoxy) is 1. The molecule has 1 rings (SSSR count). The number of rotatable bonds is 3. The van der Waals surface area contributed by atoms with Crippen LogP contribution in [0.1, 0.15) is 54.4 Å². The van der Waals surface area contributed by atoms with Gasteiger partial charge in [0.05, 0.1) is 17.3 Å². The fourth-order valence-electron chi connectivity index (χ4n) is 2.99. The largest absolute Gasteiger partial charge is 0.366 e. The van der Waals surface area contributed by atoms with Crippen LogP contribution in [0, 0.1) is 16.7 Å². The molecule has 4 nitrogen and oxygen atoms in total. The van der Waals surface area contributed by atoms with Gasteiger partial charge < -0.3 is 9.64 Å². The predicted octanol–water partition coefficient (Wildman–Crippen LogP) is 2.73. The summed E-state index contributed by atoms with van der Waals surface area (Å²) in [6.45, 7) is 12.8. The van der Waals surface area contributed by atoms with Gasteiger partial charge in [-0.25, -0.2) is 0 Å². The maximum absolute atomic E-state index is 12.7. The molecule has 1 amide bonds. The van der Waals surface area contributed by atoms with Crippen LogP contribution < -0.4 is 0 Å². The zero-order chi connectivity index (χ0) is 14.9. The first-order chi connectivity index (χ1) is 8.61. The van der Waals surface area contributed by atoms with Crippen LogP contribution in [-0.2, 0) is 9.53 Å². The minimum absolute atomic E-state index is 0.0514. The Kier molecular flexibility index (Phi) is 4.31. The van der Waals surface area contributed by atoms with Gasteiger partial charge in [-0.2, -0.15) is 5.26 Å². The number of hydrogen-bond acceptors (Lipinski definition) is 3. The van der Waals surface area contributed by atoms with Gasteiger partial charge >= 0.3 is 0 Å². The molecule has 0 aromatic rings. The Morgan fingerprint density at radius 1 is 1.21 bits per heavy atom. The number of carbonyl (C=O) groups excluding carboxylic acids is 1. The smallest absolute Gasteiger partial charge is 0.243 e. The highest BCUT2D eigenvalue weighted by Crippen LogP contribution is 2.34. The van der Waals surface area contributed by atoms with Crippen LogP contribution in [0.4, 0.5) is 0 Å². The predicted molar refractivity (Wildman–Crippen MR) is 74.5 cm³/mol. The Hall–Kier alpha value is -1.08. The Morgan fingerprint density at radius 3 is 1.95 bits per heavy atom. The van der Waals surface area contributed by atoms with Gasteiger partial charge in [0.25, 0.3) is 0 Å². The summed E-state index contributed by atoms with van der Waals surface area (Å²) in [5.41, 5.74) is -1.64. The van der Waals surface area contributed by atoms with Crippen molar-refractivity contribution >= 4 is 5.91 Å². The van der Waals surface area contributed by atoms with Gasteiger partial charge in [-0.3, -0.25) is 4.79 Å². The Morgan fingerprint density at radius 2 is 1.63 bits per heavy atom. The zero-order valence-corrected chi connectivity index (χ0v) is 13.0. The molecule has 0 bridgehead atoms. The fourth-order valence-corrected chi connectivity index (χ4v) is 2.99. The summed E-state index contributed by atoms with van der Waals surface area (Å²) in [6, 6.07) is 2.23. The van der Waals surface area contributed by atoms with Gasteiger partial charge in [0.15, 0.2) is 0 Å². The van der Waals surface area contributed by atoms with E-state index in [0.29, 0.717) is 25.9 Å². The van der Waals surface area contributed by atoms with Crippen LogP contribution in [0.25, 0.3) is 0 Å². The van der Waals surface area contributed by atoms with E-state index in [9.17, 15) is 10.1 Å². The topological polar surface area (TPSA) is 53.3 Å². The molecule has 0 unspecified atom stereocenters. The molecular weight excluding hydrogens is 240 g/mol. The molecule has 4 heteroatoms. The summed E-state index contributed by atoms with van der Waals surface area (Å²) in [6.07, 6.45) is 1.11. The van der Waals surface area contributed by atoms with Gasteiger partial charge in [0.2, 0.25) is 5.91 Å². The van der Waals surface area contributed by atoms with Crippen LogP contribution >= 0.6 is 0 Å². The maximum Gasteiger partial charge on any atom is 0.243 e. The second kappa shape index (κ2) is 5.13. The molecule has 19 heavy (non-hydrogen) atoms. The van der Waals surface area contributed by atoms with Crippen LogP contribution in [0.5, 0.6) is 0 Å². The van der Waals surface area contributed by atoms with Crippen molar-refractivity contribution in [3.63, 3.8) is 0 Å². The molecule has 108 valence electrons. The van der Waals surface area contributed by atoms with Crippen molar-refractivity contribution in [3.05, 3.63) is 0 Å². The Labute approximate surface area is 116 Å². The van der Waals surface area contributed by atoms with Gasteiger partial charge in [0.1, 0.15) is 5.41 Å². The highest BCUT2D eigenvalue weighted by Gasteiger charge is 2.45. The lowest BCUT2D eigenvalue weighted by atomic mass is 9.81. The molecule has 1 aliphatic rings. The molecule has 0 radical (unpaired) electrons. The first-order valence-corrected chi connectivity index (χ1v) is 7.02. The van der Waals surface area contributed by atoms with Crippen molar-refractivity contribution in [2.45, 2.75) is 65.6 Å². The van der Waals surface area contributed by atoms with E-state index in [1.807, 2.05) is 41.5 Å². The zero-order valence-electron chi connectivity index (χ0n) is 13.0. The van der Waals surface area contributed by atoms with Gasteiger partial charge in [-0.05, 0) is 40.5 Å². The lowest BCUT2D eigenvalue weighted by Crippen LogP contribution is -2.60. The molecule has 1 fully saturated rings. The SMILES string of the molecule is CCC(C#N)(CC)C(=O)N1CC(C)(C)OC(C)(C)C1. The number of morpholine rings is 1. The monoisotopic (exact) mass is 266 g/mol. The van der Waals surface area contributed by atoms with Gasteiger partial charge in [-0.1, -0.05) is 13.8 Å². The summed E-state index contributed by atoms with van der Waals surface area (Å²) >= 11 is 0. The third-order valence-electron chi connectivity index (χ3n) is 3.81. The van der Waals surface area contributed by atoms with E-state index < -0.39 is 5.41 Å². The van der Waals surface area contributed by atoms with Crippen molar-refractivity contribution in [2.75, 3.05) is 13.1 Å². The Bertz CT molecular complexity index is 373.